The molecule has 0 heterocycles. The Labute approximate surface area is 187 Å². The summed E-state index contributed by atoms with van der Waals surface area (Å²) in [6.07, 6.45) is 1.59. The maximum Gasteiger partial charge on any atom is 0.262 e. The Hall–Kier alpha value is -1.90. The Balaban J connectivity index is 2.11. The summed E-state index contributed by atoms with van der Waals surface area (Å²) in [5, 5.41) is 2.96. The molecule has 2 aromatic rings. The fraction of sp³-hybridized carbons (Fsp3) is 0.409. The lowest BCUT2D eigenvalue weighted by Crippen LogP contribution is -2.30. The van der Waals surface area contributed by atoms with Crippen LogP contribution in [0.5, 0.6) is 5.75 Å². The lowest BCUT2D eigenvalue weighted by atomic mass is 10.0. The molecule has 1 amide bonds. The molecule has 0 aromatic heterocycles. The van der Waals surface area contributed by atoms with E-state index in [1.54, 1.807) is 26.8 Å². The summed E-state index contributed by atoms with van der Waals surface area (Å²) in [7, 11) is -3.58. The van der Waals surface area contributed by atoms with Crippen molar-refractivity contribution in [2.45, 2.75) is 58.4 Å². The molecule has 2 aromatic carbocycles. The lowest BCUT2D eigenvalue weighted by molar-refractivity contribution is -0.118. The van der Waals surface area contributed by atoms with Crippen molar-refractivity contribution in [1.82, 2.24) is 4.72 Å². The molecule has 2 rings (SSSR count). The number of carbonyl (C=O) groups is 1. The first-order chi connectivity index (χ1) is 14.1. The van der Waals surface area contributed by atoms with Gasteiger partial charge < -0.3 is 10.1 Å². The second-order valence-electron chi connectivity index (χ2n) is 7.35. The van der Waals surface area contributed by atoms with E-state index in [9.17, 15) is 13.2 Å². The molecule has 6 nitrogen and oxygen atoms in total. The monoisotopic (exact) mass is 496 g/mol. The number of aryl methyl sites for hydroxylation is 3. The molecule has 0 spiro atoms. The molecular formula is C22H29BrN2O4S. The summed E-state index contributed by atoms with van der Waals surface area (Å²) in [5.41, 5.74) is 3.58. The van der Waals surface area contributed by atoms with Gasteiger partial charge in [0.2, 0.25) is 10.0 Å². The average Bonchev–Trinajstić information content (AvgIpc) is 2.66. The first kappa shape index (κ1) is 24.4. The quantitative estimate of drug-likeness (QED) is 0.531. The van der Waals surface area contributed by atoms with Crippen LogP contribution in [-0.4, -0.2) is 27.0 Å². The fourth-order valence-corrected chi connectivity index (χ4v) is 4.98. The highest BCUT2D eigenvalue weighted by atomic mass is 79.9. The van der Waals surface area contributed by atoms with Gasteiger partial charge in [0.05, 0.1) is 4.90 Å². The van der Waals surface area contributed by atoms with Gasteiger partial charge in [0.25, 0.3) is 5.91 Å². The van der Waals surface area contributed by atoms with Gasteiger partial charge in [0.15, 0.2) is 6.61 Å². The fourth-order valence-electron chi connectivity index (χ4n) is 3.09. The normalized spacial score (nSPS) is 11.6. The summed E-state index contributed by atoms with van der Waals surface area (Å²) in [4.78, 5) is 12.7. The predicted molar refractivity (Wildman–Crippen MR) is 124 cm³/mol. The van der Waals surface area contributed by atoms with Crippen molar-refractivity contribution in [3.8, 4) is 5.75 Å². The highest BCUT2D eigenvalue weighted by Crippen LogP contribution is 2.28. The zero-order valence-electron chi connectivity index (χ0n) is 18.0. The van der Waals surface area contributed by atoms with Crippen LogP contribution in [-0.2, 0) is 27.7 Å². The molecule has 0 radical (unpaired) electrons. The van der Waals surface area contributed by atoms with Crippen molar-refractivity contribution in [3.63, 3.8) is 0 Å². The van der Waals surface area contributed by atoms with Gasteiger partial charge in [-0.2, -0.15) is 0 Å². The van der Waals surface area contributed by atoms with E-state index < -0.39 is 10.0 Å². The molecule has 164 valence electrons. The molecule has 0 saturated heterocycles. The van der Waals surface area contributed by atoms with Crippen LogP contribution >= 0.6 is 15.9 Å². The van der Waals surface area contributed by atoms with Crippen LogP contribution in [0.15, 0.2) is 39.7 Å². The second kappa shape index (κ2) is 10.4. The van der Waals surface area contributed by atoms with Crippen molar-refractivity contribution >= 4 is 37.5 Å². The Morgan fingerprint density at radius 1 is 1.10 bits per heavy atom. The number of sulfonamides is 1. The van der Waals surface area contributed by atoms with Crippen molar-refractivity contribution in [2.75, 3.05) is 11.9 Å². The number of halogens is 1. The minimum absolute atomic E-state index is 0.167. The second-order valence-corrected chi connectivity index (χ2v) is 9.98. The van der Waals surface area contributed by atoms with E-state index in [1.165, 1.54) is 12.1 Å². The smallest absolute Gasteiger partial charge is 0.262 e. The van der Waals surface area contributed by atoms with Gasteiger partial charge in [-0.1, -0.05) is 29.8 Å². The van der Waals surface area contributed by atoms with Crippen molar-refractivity contribution in [3.05, 3.63) is 51.5 Å². The van der Waals surface area contributed by atoms with Crippen LogP contribution in [0, 0.1) is 6.92 Å². The van der Waals surface area contributed by atoms with E-state index in [-0.39, 0.29) is 23.5 Å². The first-order valence-corrected chi connectivity index (χ1v) is 12.2. The third-order valence-corrected chi connectivity index (χ3v) is 6.61. The molecule has 0 aliphatic heterocycles. The third kappa shape index (κ3) is 6.30. The molecule has 2 N–H and O–H groups in total. The maximum absolute atomic E-state index is 12.5. The number of hydrogen-bond acceptors (Lipinski definition) is 4. The zero-order valence-corrected chi connectivity index (χ0v) is 20.4. The third-order valence-electron chi connectivity index (χ3n) is 4.50. The number of nitrogens with one attached hydrogen (secondary N) is 2. The van der Waals surface area contributed by atoms with Crippen molar-refractivity contribution in [2.24, 2.45) is 0 Å². The summed E-state index contributed by atoms with van der Waals surface area (Å²) in [6.45, 7) is 9.20. The number of ether oxygens (including phenoxy) is 1. The Morgan fingerprint density at radius 3 is 2.20 bits per heavy atom. The number of rotatable bonds is 9. The van der Waals surface area contributed by atoms with Crippen LogP contribution < -0.4 is 14.8 Å². The topological polar surface area (TPSA) is 84.5 Å². The summed E-state index contributed by atoms with van der Waals surface area (Å²) in [5.74, 6) is 0.204. The van der Waals surface area contributed by atoms with Crippen LogP contribution in [0.25, 0.3) is 0 Å². The van der Waals surface area contributed by atoms with Gasteiger partial charge in [-0.15, -0.1) is 0 Å². The molecule has 0 aliphatic rings. The van der Waals surface area contributed by atoms with Crippen molar-refractivity contribution in [1.29, 1.82) is 0 Å². The van der Waals surface area contributed by atoms with Crippen LogP contribution in [0.4, 0.5) is 5.69 Å². The van der Waals surface area contributed by atoms with Gasteiger partial charge in [-0.25, -0.2) is 13.1 Å². The summed E-state index contributed by atoms with van der Waals surface area (Å²) in [6, 6.07) is 8.40. The minimum Gasteiger partial charge on any atom is -0.483 e. The predicted octanol–water partition coefficient (Wildman–Crippen LogP) is 4.59. The largest absolute Gasteiger partial charge is 0.483 e. The standard InChI is InChI=1S/C22H29BrN2O4S/c1-6-16-11-18(23)12-17(7-2)22(16)24-21(26)13-29-20-9-8-19(10-15(20)5)30(27,28)25-14(3)4/h8-12,14,25H,6-7,13H2,1-5H3,(H,24,26). The molecule has 0 atom stereocenters. The minimum atomic E-state index is -3.58. The van der Waals surface area contributed by atoms with E-state index in [4.69, 9.17) is 4.74 Å². The Bertz CT molecular complexity index is 995. The molecule has 0 fully saturated rings. The van der Waals surface area contributed by atoms with E-state index >= 15 is 0 Å². The molecular weight excluding hydrogens is 468 g/mol. The number of benzene rings is 2. The Kier molecular flexibility index (Phi) is 8.46. The molecule has 8 heteroatoms. The average molecular weight is 497 g/mol. The van der Waals surface area contributed by atoms with Crippen molar-refractivity contribution < 1.29 is 17.9 Å². The SMILES string of the molecule is CCc1cc(Br)cc(CC)c1NC(=O)COc1ccc(S(=O)(=O)NC(C)C)cc1C. The van der Waals surface area contributed by atoms with Gasteiger partial charge in [-0.05, 0) is 80.6 Å². The van der Waals surface area contributed by atoms with Crippen LogP contribution in [0.2, 0.25) is 0 Å². The van der Waals surface area contributed by atoms with E-state index in [1.807, 2.05) is 26.0 Å². The Morgan fingerprint density at radius 2 is 1.70 bits per heavy atom. The molecule has 0 unspecified atom stereocenters. The number of amides is 1. The van der Waals surface area contributed by atoms with Crippen LogP contribution in [0.3, 0.4) is 0 Å². The molecule has 30 heavy (non-hydrogen) atoms. The highest BCUT2D eigenvalue weighted by Gasteiger charge is 2.17. The number of hydrogen-bond donors (Lipinski definition) is 2. The highest BCUT2D eigenvalue weighted by molar-refractivity contribution is 9.10. The van der Waals surface area contributed by atoms with Crippen LogP contribution in [0.1, 0.15) is 44.4 Å². The van der Waals surface area contributed by atoms with Gasteiger partial charge >= 0.3 is 0 Å². The summed E-state index contributed by atoms with van der Waals surface area (Å²) < 4.78 is 33.8. The molecule has 0 saturated carbocycles. The van der Waals surface area contributed by atoms with Gasteiger partial charge in [0.1, 0.15) is 5.75 Å². The van der Waals surface area contributed by atoms with Gasteiger partial charge in [0, 0.05) is 16.2 Å². The summed E-state index contributed by atoms with van der Waals surface area (Å²) >= 11 is 3.51. The molecule has 0 bridgehead atoms. The number of carbonyl (C=O) groups excluding carboxylic acids is 1. The van der Waals surface area contributed by atoms with E-state index in [0.717, 1.165) is 34.1 Å². The van der Waals surface area contributed by atoms with E-state index in [2.05, 4.69) is 26.0 Å². The molecule has 0 aliphatic carbocycles. The van der Waals surface area contributed by atoms with Gasteiger partial charge in [-0.3, -0.25) is 4.79 Å². The lowest BCUT2D eigenvalue weighted by Gasteiger charge is -2.16. The first-order valence-electron chi connectivity index (χ1n) is 9.94. The van der Waals surface area contributed by atoms with E-state index in [0.29, 0.717) is 11.3 Å². The maximum atomic E-state index is 12.5. The number of anilines is 1. The zero-order chi connectivity index (χ0) is 22.5.